The van der Waals surface area contributed by atoms with Crippen LogP contribution in [-0.4, -0.2) is 28.7 Å². The van der Waals surface area contributed by atoms with Crippen LogP contribution in [0, 0.1) is 11.3 Å². The molecule has 0 spiro atoms. The Hall–Kier alpha value is -2.62. The van der Waals surface area contributed by atoms with Gasteiger partial charge >= 0.3 is 6.18 Å². The largest absolute Gasteiger partial charge is 0.416 e. The van der Waals surface area contributed by atoms with Crippen molar-refractivity contribution in [3.8, 4) is 6.07 Å². The van der Waals surface area contributed by atoms with Crippen molar-refractivity contribution >= 4 is 11.7 Å². The zero-order chi connectivity index (χ0) is 21.4. The molecule has 1 fully saturated rings. The number of carbonyl (C=O) groups is 2. The van der Waals surface area contributed by atoms with Crippen molar-refractivity contribution in [3.05, 3.63) is 47.5 Å². The molecule has 1 aliphatic heterocycles. The Morgan fingerprint density at radius 2 is 2.14 bits per heavy atom. The van der Waals surface area contributed by atoms with Gasteiger partial charge < -0.3 is 4.90 Å². The van der Waals surface area contributed by atoms with E-state index in [4.69, 9.17) is 0 Å². The quantitative estimate of drug-likeness (QED) is 0.436. The average molecular weight is 406 g/mol. The summed E-state index contributed by atoms with van der Waals surface area (Å²) in [4.78, 5) is 26.0. The zero-order valence-corrected chi connectivity index (χ0v) is 16.4. The lowest BCUT2D eigenvalue weighted by atomic mass is 10.0. The Morgan fingerprint density at radius 1 is 1.38 bits per heavy atom. The first-order valence-corrected chi connectivity index (χ1v) is 9.84. The van der Waals surface area contributed by atoms with E-state index in [2.05, 4.69) is 13.0 Å². The molecule has 0 bridgehead atoms. The van der Waals surface area contributed by atoms with Gasteiger partial charge in [-0.05, 0) is 30.5 Å². The minimum atomic E-state index is -4.45. The summed E-state index contributed by atoms with van der Waals surface area (Å²) in [5.74, 6) is -0.448. The van der Waals surface area contributed by atoms with E-state index in [1.165, 1.54) is 18.2 Å². The van der Waals surface area contributed by atoms with Gasteiger partial charge in [-0.15, -0.1) is 0 Å². The number of rotatable bonds is 9. The first-order chi connectivity index (χ1) is 13.8. The van der Waals surface area contributed by atoms with Gasteiger partial charge in [-0.1, -0.05) is 50.5 Å². The second kappa shape index (κ2) is 10.2. The van der Waals surface area contributed by atoms with E-state index in [1.54, 1.807) is 11.0 Å². The number of unbranched alkanes of at least 4 members (excludes halogenated alkanes) is 2. The molecule has 156 valence electrons. The van der Waals surface area contributed by atoms with Crippen molar-refractivity contribution in [3.63, 3.8) is 0 Å². The molecule has 0 N–H and O–H groups in total. The van der Waals surface area contributed by atoms with E-state index in [0.29, 0.717) is 19.3 Å². The van der Waals surface area contributed by atoms with Gasteiger partial charge in [0.05, 0.1) is 17.7 Å². The second-order valence-electron chi connectivity index (χ2n) is 7.25. The van der Waals surface area contributed by atoms with Crippen LogP contribution in [0.25, 0.3) is 0 Å². The molecule has 1 aromatic rings. The number of hydrogen-bond acceptors (Lipinski definition) is 3. The SMILES string of the molecule is CCCCC[C@H](C#N)N1C(=O)CCC1C=CC(=O)Cc1cccc(C(F)(F)F)c1. The molecule has 1 heterocycles. The molecule has 2 atom stereocenters. The molecule has 7 heteroatoms. The topological polar surface area (TPSA) is 61.2 Å². The fourth-order valence-corrected chi connectivity index (χ4v) is 3.51. The molecule has 2 rings (SSSR count). The molecule has 0 aromatic heterocycles. The monoisotopic (exact) mass is 406 g/mol. The maximum absolute atomic E-state index is 12.8. The van der Waals surface area contributed by atoms with Gasteiger partial charge in [0.15, 0.2) is 5.78 Å². The lowest BCUT2D eigenvalue weighted by molar-refractivity contribution is -0.137. The van der Waals surface area contributed by atoms with Crippen LogP contribution in [0.15, 0.2) is 36.4 Å². The normalized spacial score (nSPS) is 18.2. The van der Waals surface area contributed by atoms with E-state index < -0.39 is 17.8 Å². The molecule has 0 aliphatic carbocycles. The fraction of sp³-hybridized carbons (Fsp3) is 0.500. The van der Waals surface area contributed by atoms with Crippen LogP contribution in [0.2, 0.25) is 0 Å². The van der Waals surface area contributed by atoms with Crippen molar-refractivity contribution in [1.29, 1.82) is 5.26 Å². The molecule has 4 nitrogen and oxygen atoms in total. The Balaban J connectivity index is 2.03. The van der Waals surface area contributed by atoms with Crippen LogP contribution in [0.3, 0.4) is 0 Å². The summed E-state index contributed by atoms with van der Waals surface area (Å²) in [5.41, 5.74) is -0.508. The Bertz CT molecular complexity index is 796. The summed E-state index contributed by atoms with van der Waals surface area (Å²) in [6, 6.07) is 6.02. The fourth-order valence-electron chi connectivity index (χ4n) is 3.51. The van der Waals surface area contributed by atoms with E-state index >= 15 is 0 Å². The first kappa shape index (κ1) is 22.7. The Labute approximate surface area is 169 Å². The molecule has 0 saturated carbocycles. The zero-order valence-electron chi connectivity index (χ0n) is 16.4. The van der Waals surface area contributed by atoms with E-state index in [-0.39, 0.29) is 29.7 Å². The molecule has 1 aliphatic rings. The van der Waals surface area contributed by atoms with E-state index in [1.807, 2.05) is 0 Å². The minimum Gasteiger partial charge on any atom is -0.320 e. The maximum Gasteiger partial charge on any atom is 0.416 e. The summed E-state index contributed by atoms with van der Waals surface area (Å²) in [6.45, 7) is 2.06. The molecular formula is C22H25F3N2O2. The third-order valence-corrected chi connectivity index (χ3v) is 5.00. The van der Waals surface area contributed by atoms with Crippen LogP contribution >= 0.6 is 0 Å². The molecule has 1 saturated heterocycles. The van der Waals surface area contributed by atoms with Gasteiger partial charge in [0.2, 0.25) is 5.91 Å². The van der Waals surface area contributed by atoms with Gasteiger partial charge in [0, 0.05) is 12.8 Å². The lowest BCUT2D eigenvalue weighted by Gasteiger charge is -2.27. The van der Waals surface area contributed by atoms with E-state index in [0.717, 1.165) is 31.4 Å². The first-order valence-electron chi connectivity index (χ1n) is 9.84. The predicted molar refractivity (Wildman–Crippen MR) is 103 cm³/mol. The number of halogens is 3. The summed E-state index contributed by atoms with van der Waals surface area (Å²) >= 11 is 0. The van der Waals surface area contributed by atoms with Crippen LogP contribution in [0.4, 0.5) is 13.2 Å². The van der Waals surface area contributed by atoms with Crippen molar-refractivity contribution in [2.75, 3.05) is 0 Å². The highest BCUT2D eigenvalue weighted by molar-refractivity contribution is 5.91. The number of benzene rings is 1. The number of amides is 1. The summed E-state index contributed by atoms with van der Waals surface area (Å²) in [5, 5.41) is 9.46. The standard InChI is InChI=1S/C22H25F3N2O2/c1-2-3-4-8-19(15-26)27-18(10-12-21(27)29)9-11-20(28)14-16-6-5-7-17(13-16)22(23,24)25/h5-7,9,11,13,18-19H,2-4,8,10,12,14H2,1H3/t18?,19-/m1/s1. The Morgan fingerprint density at radius 3 is 2.79 bits per heavy atom. The van der Waals surface area contributed by atoms with Gasteiger partial charge in [0.1, 0.15) is 6.04 Å². The molecule has 1 amide bonds. The number of alkyl halides is 3. The van der Waals surface area contributed by atoms with Gasteiger partial charge in [-0.25, -0.2) is 0 Å². The third kappa shape index (κ3) is 6.45. The van der Waals surface area contributed by atoms with Crippen LogP contribution in [-0.2, 0) is 22.2 Å². The number of nitriles is 1. The van der Waals surface area contributed by atoms with Gasteiger partial charge in [-0.3, -0.25) is 9.59 Å². The highest BCUT2D eigenvalue weighted by atomic mass is 19.4. The van der Waals surface area contributed by atoms with Crippen molar-refractivity contribution in [1.82, 2.24) is 4.90 Å². The van der Waals surface area contributed by atoms with Crippen molar-refractivity contribution in [2.45, 2.75) is 70.1 Å². The molecule has 1 aromatic carbocycles. The Kier molecular flexibility index (Phi) is 8.00. The summed E-state index contributed by atoms with van der Waals surface area (Å²) in [6.07, 6.45) is 2.60. The third-order valence-electron chi connectivity index (χ3n) is 5.00. The second-order valence-corrected chi connectivity index (χ2v) is 7.25. The number of likely N-dealkylation sites (tertiary alicyclic amines) is 1. The average Bonchev–Trinajstić information content (AvgIpc) is 3.04. The van der Waals surface area contributed by atoms with Crippen LogP contribution < -0.4 is 0 Å². The number of hydrogen-bond donors (Lipinski definition) is 0. The highest BCUT2D eigenvalue weighted by Gasteiger charge is 2.34. The predicted octanol–water partition coefficient (Wildman–Crippen LogP) is 4.84. The lowest BCUT2D eigenvalue weighted by Crippen LogP contribution is -2.40. The number of carbonyl (C=O) groups excluding carboxylic acids is 2. The number of allylic oxidation sites excluding steroid dienone is 1. The smallest absolute Gasteiger partial charge is 0.320 e. The van der Waals surface area contributed by atoms with Gasteiger partial charge in [0.25, 0.3) is 0 Å². The minimum absolute atomic E-state index is 0.104. The van der Waals surface area contributed by atoms with E-state index in [9.17, 15) is 28.0 Å². The summed E-state index contributed by atoms with van der Waals surface area (Å²) < 4.78 is 38.4. The molecular weight excluding hydrogens is 381 g/mol. The molecule has 1 unspecified atom stereocenters. The number of ketones is 1. The van der Waals surface area contributed by atoms with Crippen LogP contribution in [0.1, 0.15) is 56.6 Å². The maximum atomic E-state index is 12.8. The van der Waals surface area contributed by atoms with Crippen molar-refractivity contribution in [2.24, 2.45) is 0 Å². The highest BCUT2D eigenvalue weighted by Crippen LogP contribution is 2.30. The molecule has 0 radical (unpaired) electrons. The van der Waals surface area contributed by atoms with Crippen LogP contribution in [0.5, 0.6) is 0 Å². The van der Waals surface area contributed by atoms with Crippen molar-refractivity contribution < 1.29 is 22.8 Å². The summed E-state index contributed by atoms with van der Waals surface area (Å²) in [7, 11) is 0. The van der Waals surface area contributed by atoms with Gasteiger partial charge in [-0.2, -0.15) is 18.4 Å². The molecule has 29 heavy (non-hydrogen) atoms. The number of nitrogens with zero attached hydrogens (tertiary/aromatic N) is 2.